The number of amides is 2. The topological polar surface area (TPSA) is 61.9 Å². The van der Waals surface area contributed by atoms with Crippen molar-refractivity contribution < 1.29 is 14.3 Å². The highest BCUT2D eigenvalue weighted by atomic mass is 35.5. The number of piperazine rings is 1. The molecular weight excluding hydrogens is 390 g/mol. The summed E-state index contributed by atoms with van der Waals surface area (Å²) in [6, 6.07) is 7.97. The zero-order valence-electron chi connectivity index (χ0n) is 17.4. The molecule has 1 saturated heterocycles. The van der Waals surface area contributed by atoms with Crippen LogP contribution in [0.15, 0.2) is 24.3 Å². The van der Waals surface area contributed by atoms with Gasteiger partial charge in [0.2, 0.25) is 11.8 Å². The van der Waals surface area contributed by atoms with Gasteiger partial charge < -0.3 is 19.9 Å². The molecule has 2 fully saturated rings. The number of ether oxygens (including phenoxy) is 1. The van der Waals surface area contributed by atoms with E-state index in [9.17, 15) is 9.59 Å². The maximum Gasteiger partial charge on any atom is 0.248 e. The molecule has 29 heavy (non-hydrogen) atoms. The van der Waals surface area contributed by atoms with Crippen molar-refractivity contribution in [1.82, 2.24) is 10.2 Å². The Morgan fingerprint density at radius 2 is 1.90 bits per heavy atom. The average molecular weight is 422 g/mol. The van der Waals surface area contributed by atoms with Crippen molar-refractivity contribution >= 4 is 29.1 Å². The minimum atomic E-state index is -0.130. The standard InChI is InChI=1S/C22H32ClN3O3/c1-16-5-3-8-20(17(16)2)24-21(27)14-29-15-22(28)26-11-9-25(10-12-26)19-7-4-6-18(23)13-19/h4,6-7,13,16-17,20H,3,5,8-12,14-15H2,1-2H3,(H,24,27)/t16-,17+,20+/m0/s1. The SMILES string of the molecule is C[C@@H]1[C@@H](C)CCC[C@H]1NC(=O)COCC(=O)N1CCN(c2cccc(Cl)c2)CC1. The summed E-state index contributed by atoms with van der Waals surface area (Å²) >= 11 is 6.06. The molecule has 1 aromatic rings. The van der Waals surface area contributed by atoms with E-state index in [0.29, 0.717) is 29.9 Å². The molecule has 6 nitrogen and oxygen atoms in total. The van der Waals surface area contributed by atoms with E-state index in [1.807, 2.05) is 24.3 Å². The Kier molecular flexibility index (Phi) is 7.78. The maximum atomic E-state index is 12.4. The lowest BCUT2D eigenvalue weighted by atomic mass is 9.78. The van der Waals surface area contributed by atoms with Gasteiger partial charge in [0.05, 0.1) is 0 Å². The molecule has 2 aliphatic rings. The normalized spacial score (nSPS) is 25.0. The number of carbonyl (C=O) groups is 2. The predicted molar refractivity (Wildman–Crippen MR) is 115 cm³/mol. The van der Waals surface area contributed by atoms with Gasteiger partial charge in [-0.2, -0.15) is 0 Å². The minimum absolute atomic E-state index is 0.0544. The molecule has 2 amide bonds. The number of anilines is 1. The molecule has 1 aromatic carbocycles. The smallest absolute Gasteiger partial charge is 0.248 e. The maximum absolute atomic E-state index is 12.4. The van der Waals surface area contributed by atoms with Gasteiger partial charge in [-0.15, -0.1) is 0 Å². The van der Waals surface area contributed by atoms with Crippen LogP contribution in [0.4, 0.5) is 5.69 Å². The number of carbonyl (C=O) groups excluding carboxylic acids is 2. The third-order valence-corrected chi connectivity index (χ3v) is 6.55. The Morgan fingerprint density at radius 1 is 1.14 bits per heavy atom. The minimum Gasteiger partial charge on any atom is -0.368 e. The second-order valence-electron chi connectivity index (χ2n) is 8.28. The molecule has 1 aliphatic heterocycles. The van der Waals surface area contributed by atoms with Crippen LogP contribution in [0.2, 0.25) is 5.02 Å². The van der Waals surface area contributed by atoms with Crippen LogP contribution in [-0.4, -0.2) is 62.1 Å². The van der Waals surface area contributed by atoms with Crippen LogP contribution in [0, 0.1) is 11.8 Å². The molecule has 7 heteroatoms. The van der Waals surface area contributed by atoms with Crippen molar-refractivity contribution in [2.24, 2.45) is 11.8 Å². The van der Waals surface area contributed by atoms with Gasteiger partial charge in [-0.3, -0.25) is 9.59 Å². The Bertz CT molecular complexity index is 706. The molecule has 1 heterocycles. The van der Waals surface area contributed by atoms with E-state index in [1.54, 1.807) is 4.90 Å². The van der Waals surface area contributed by atoms with E-state index in [2.05, 4.69) is 24.1 Å². The highest BCUT2D eigenvalue weighted by Gasteiger charge is 2.28. The number of hydrogen-bond donors (Lipinski definition) is 1. The molecule has 1 aliphatic carbocycles. The summed E-state index contributed by atoms with van der Waals surface area (Å²) < 4.78 is 5.41. The van der Waals surface area contributed by atoms with Gasteiger partial charge >= 0.3 is 0 Å². The molecule has 0 spiro atoms. The molecule has 0 bridgehead atoms. The predicted octanol–water partition coefficient (Wildman–Crippen LogP) is 2.95. The first-order valence-corrected chi connectivity index (χ1v) is 11.0. The molecule has 0 radical (unpaired) electrons. The summed E-state index contributed by atoms with van der Waals surface area (Å²) in [7, 11) is 0. The number of hydrogen-bond acceptors (Lipinski definition) is 4. The summed E-state index contributed by atoms with van der Waals surface area (Å²) in [5.74, 6) is 0.907. The quantitative estimate of drug-likeness (QED) is 0.767. The summed E-state index contributed by atoms with van der Waals surface area (Å²) in [5, 5.41) is 3.79. The molecular formula is C22H32ClN3O3. The van der Waals surface area contributed by atoms with Crippen LogP contribution in [0.25, 0.3) is 0 Å². The van der Waals surface area contributed by atoms with Gasteiger partial charge in [0.1, 0.15) is 13.2 Å². The molecule has 3 atom stereocenters. The zero-order valence-corrected chi connectivity index (χ0v) is 18.2. The Balaban J connectivity index is 1.35. The first-order chi connectivity index (χ1) is 13.9. The fourth-order valence-electron chi connectivity index (χ4n) is 4.24. The second-order valence-corrected chi connectivity index (χ2v) is 8.72. The Labute approximate surface area is 178 Å². The summed E-state index contributed by atoms with van der Waals surface area (Å²) in [6.07, 6.45) is 3.40. The number of halogens is 1. The van der Waals surface area contributed by atoms with Crippen LogP contribution in [0.5, 0.6) is 0 Å². The third-order valence-electron chi connectivity index (χ3n) is 6.32. The van der Waals surface area contributed by atoms with E-state index >= 15 is 0 Å². The largest absolute Gasteiger partial charge is 0.368 e. The van der Waals surface area contributed by atoms with Gasteiger partial charge in [0.25, 0.3) is 0 Å². The van der Waals surface area contributed by atoms with Gasteiger partial charge in [-0.05, 0) is 36.5 Å². The first-order valence-electron chi connectivity index (χ1n) is 10.6. The molecule has 3 rings (SSSR count). The molecule has 1 saturated carbocycles. The monoisotopic (exact) mass is 421 g/mol. The number of benzene rings is 1. The highest BCUT2D eigenvalue weighted by Crippen LogP contribution is 2.29. The lowest BCUT2D eigenvalue weighted by Gasteiger charge is -2.36. The van der Waals surface area contributed by atoms with E-state index in [4.69, 9.17) is 16.3 Å². The zero-order chi connectivity index (χ0) is 20.8. The van der Waals surface area contributed by atoms with Gasteiger partial charge in [-0.25, -0.2) is 0 Å². The molecule has 160 valence electrons. The number of nitrogens with zero attached hydrogens (tertiary/aromatic N) is 2. The van der Waals surface area contributed by atoms with E-state index in [-0.39, 0.29) is 31.1 Å². The lowest BCUT2D eigenvalue weighted by molar-refractivity contribution is -0.138. The molecule has 0 aromatic heterocycles. The fourth-order valence-corrected chi connectivity index (χ4v) is 4.43. The first kappa shape index (κ1) is 21.9. The Morgan fingerprint density at radius 3 is 2.62 bits per heavy atom. The van der Waals surface area contributed by atoms with E-state index in [0.717, 1.165) is 31.6 Å². The van der Waals surface area contributed by atoms with Crippen molar-refractivity contribution in [3.8, 4) is 0 Å². The van der Waals surface area contributed by atoms with Crippen LogP contribution >= 0.6 is 11.6 Å². The van der Waals surface area contributed by atoms with Crippen molar-refractivity contribution in [3.05, 3.63) is 29.3 Å². The summed E-state index contributed by atoms with van der Waals surface area (Å²) in [6.45, 7) is 7.10. The summed E-state index contributed by atoms with van der Waals surface area (Å²) in [5.41, 5.74) is 1.07. The second kappa shape index (κ2) is 10.3. The lowest BCUT2D eigenvalue weighted by Crippen LogP contribution is -2.50. The average Bonchev–Trinajstić information content (AvgIpc) is 2.71. The fraction of sp³-hybridized carbons (Fsp3) is 0.636. The third kappa shape index (κ3) is 6.09. The summed E-state index contributed by atoms with van der Waals surface area (Å²) in [4.78, 5) is 28.6. The van der Waals surface area contributed by atoms with Crippen molar-refractivity contribution in [2.75, 3.05) is 44.3 Å². The van der Waals surface area contributed by atoms with Crippen LogP contribution in [0.1, 0.15) is 33.1 Å². The van der Waals surface area contributed by atoms with Crippen molar-refractivity contribution in [3.63, 3.8) is 0 Å². The number of rotatable bonds is 6. The Hall–Kier alpha value is -1.79. The van der Waals surface area contributed by atoms with E-state index < -0.39 is 0 Å². The highest BCUT2D eigenvalue weighted by molar-refractivity contribution is 6.30. The molecule has 1 N–H and O–H groups in total. The van der Waals surface area contributed by atoms with Crippen LogP contribution in [0.3, 0.4) is 0 Å². The van der Waals surface area contributed by atoms with Crippen LogP contribution < -0.4 is 10.2 Å². The van der Waals surface area contributed by atoms with Crippen LogP contribution in [-0.2, 0) is 14.3 Å². The van der Waals surface area contributed by atoms with Crippen molar-refractivity contribution in [2.45, 2.75) is 39.2 Å². The van der Waals surface area contributed by atoms with Crippen molar-refractivity contribution in [1.29, 1.82) is 0 Å². The van der Waals surface area contributed by atoms with Gasteiger partial charge in [0, 0.05) is 42.9 Å². The molecule has 0 unspecified atom stereocenters. The van der Waals surface area contributed by atoms with E-state index in [1.165, 1.54) is 6.42 Å². The van der Waals surface area contributed by atoms with Gasteiger partial charge in [-0.1, -0.05) is 44.4 Å². The number of nitrogens with one attached hydrogen (secondary N) is 1. The van der Waals surface area contributed by atoms with Gasteiger partial charge in [0.15, 0.2) is 0 Å².